The highest BCUT2D eigenvalue weighted by Gasteiger charge is 2.34. The minimum absolute atomic E-state index is 0.0221. The Hall–Kier alpha value is -1.89. The first-order valence-corrected chi connectivity index (χ1v) is 8.27. The van der Waals surface area contributed by atoms with Gasteiger partial charge in [0, 0.05) is 39.1 Å². The molecule has 126 valence electrons. The molecular formula is C16H25N5O2. The van der Waals surface area contributed by atoms with Crippen molar-refractivity contribution in [3.8, 4) is 0 Å². The quantitative estimate of drug-likeness (QED) is 0.879. The zero-order valence-corrected chi connectivity index (χ0v) is 14.1. The summed E-state index contributed by atoms with van der Waals surface area (Å²) >= 11 is 0. The van der Waals surface area contributed by atoms with Crippen LogP contribution in [-0.2, 0) is 16.6 Å². The van der Waals surface area contributed by atoms with Gasteiger partial charge in [-0.1, -0.05) is 0 Å². The smallest absolute Gasteiger partial charge is 0.238 e. The largest absolute Gasteiger partial charge is 0.340 e. The minimum atomic E-state index is -0.0221. The Balaban J connectivity index is 1.48. The molecule has 1 N–H and O–H groups in total. The maximum Gasteiger partial charge on any atom is 0.238 e. The van der Waals surface area contributed by atoms with E-state index in [2.05, 4.69) is 15.3 Å². The fourth-order valence-corrected chi connectivity index (χ4v) is 3.05. The number of aromatic nitrogens is 2. The van der Waals surface area contributed by atoms with E-state index in [1.807, 2.05) is 25.8 Å². The van der Waals surface area contributed by atoms with Crippen LogP contribution in [0.25, 0.3) is 0 Å². The van der Waals surface area contributed by atoms with Crippen LogP contribution in [0, 0.1) is 19.8 Å². The first-order valence-electron chi connectivity index (χ1n) is 8.27. The summed E-state index contributed by atoms with van der Waals surface area (Å²) in [6, 6.07) is 0. The van der Waals surface area contributed by atoms with E-state index >= 15 is 0 Å². The maximum absolute atomic E-state index is 12.3. The van der Waals surface area contributed by atoms with Gasteiger partial charge in [-0.15, -0.1) is 0 Å². The fraction of sp³-hybridized carbons (Fsp3) is 0.688. The maximum atomic E-state index is 12.3. The molecule has 0 bridgehead atoms. The number of carbonyl (C=O) groups excluding carboxylic acids is 2. The molecule has 1 saturated carbocycles. The van der Waals surface area contributed by atoms with Crippen LogP contribution in [0.2, 0.25) is 0 Å². The van der Waals surface area contributed by atoms with Crippen molar-refractivity contribution in [2.45, 2.75) is 26.7 Å². The van der Waals surface area contributed by atoms with Crippen LogP contribution in [0.1, 0.15) is 24.2 Å². The van der Waals surface area contributed by atoms with Gasteiger partial charge in [-0.05, 0) is 26.7 Å². The summed E-state index contributed by atoms with van der Waals surface area (Å²) in [4.78, 5) is 28.3. The number of carbonyl (C=O) groups is 2. The highest BCUT2D eigenvalue weighted by molar-refractivity contribution is 5.93. The van der Waals surface area contributed by atoms with E-state index in [0.29, 0.717) is 12.5 Å². The van der Waals surface area contributed by atoms with E-state index < -0.39 is 0 Å². The summed E-state index contributed by atoms with van der Waals surface area (Å²) in [7, 11) is 1.87. The van der Waals surface area contributed by atoms with Gasteiger partial charge in [0.2, 0.25) is 11.8 Å². The van der Waals surface area contributed by atoms with E-state index in [1.54, 1.807) is 4.68 Å². The minimum Gasteiger partial charge on any atom is -0.340 e. The summed E-state index contributed by atoms with van der Waals surface area (Å²) in [6.07, 6.45) is 2.09. The van der Waals surface area contributed by atoms with Crippen molar-refractivity contribution in [3.05, 3.63) is 11.4 Å². The number of aryl methyl sites for hydroxylation is 2. The molecule has 1 aromatic rings. The third kappa shape index (κ3) is 3.55. The van der Waals surface area contributed by atoms with Crippen LogP contribution < -0.4 is 5.32 Å². The third-order valence-electron chi connectivity index (χ3n) is 4.75. The Morgan fingerprint density at radius 2 is 1.83 bits per heavy atom. The summed E-state index contributed by atoms with van der Waals surface area (Å²) in [5, 5.41) is 7.27. The number of hydrogen-bond donors (Lipinski definition) is 1. The molecule has 0 aromatic carbocycles. The van der Waals surface area contributed by atoms with Crippen molar-refractivity contribution in [2.75, 3.05) is 38.0 Å². The number of amides is 2. The third-order valence-corrected chi connectivity index (χ3v) is 4.75. The number of nitrogens with zero attached hydrogens (tertiary/aromatic N) is 4. The molecule has 1 aliphatic heterocycles. The Morgan fingerprint density at radius 3 is 2.35 bits per heavy atom. The lowest BCUT2D eigenvalue weighted by Gasteiger charge is -2.34. The lowest BCUT2D eigenvalue weighted by molar-refractivity contribution is -0.134. The topological polar surface area (TPSA) is 70.5 Å². The summed E-state index contributed by atoms with van der Waals surface area (Å²) in [5.74, 6) is 0.559. The van der Waals surface area contributed by atoms with Crippen LogP contribution in [0.3, 0.4) is 0 Å². The molecule has 3 rings (SSSR count). The van der Waals surface area contributed by atoms with Crippen molar-refractivity contribution in [1.29, 1.82) is 0 Å². The number of anilines is 1. The molecule has 1 aromatic heterocycles. The van der Waals surface area contributed by atoms with Gasteiger partial charge in [0.1, 0.15) is 0 Å². The molecule has 0 atom stereocenters. The van der Waals surface area contributed by atoms with E-state index in [-0.39, 0.29) is 11.8 Å². The number of piperazine rings is 1. The molecular weight excluding hydrogens is 294 g/mol. The van der Waals surface area contributed by atoms with Gasteiger partial charge in [-0.3, -0.25) is 19.2 Å². The zero-order valence-electron chi connectivity index (χ0n) is 14.1. The Bertz CT molecular complexity index is 612. The van der Waals surface area contributed by atoms with Gasteiger partial charge < -0.3 is 10.2 Å². The average Bonchev–Trinajstić information content (AvgIpc) is 3.33. The van der Waals surface area contributed by atoms with Gasteiger partial charge in [-0.2, -0.15) is 5.10 Å². The van der Waals surface area contributed by atoms with Crippen LogP contribution >= 0.6 is 0 Å². The Labute approximate surface area is 136 Å². The predicted octanol–water partition coefficient (Wildman–Crippen LogP) is 0.530. The van der Waals surface area contributed by atoms with Crippen molar-refractivity contribution in [2.24, 2.45) is 13.0 Å². The number of hydrogen-bond acceptors (Lipinski definition) is 4. The Kier molecular flexibility index (Phi) is 4.39. The standard InChI is InChI=1S/C16H25N5O2/c1-11-15(12(2)19(3)18-11)17-14(22)10-20-6-8-21(9-7-20)16(23)13-4-5-13/h13H,4-10H2,1-3H3,(H,17,22). The van der Waals surface area contributed by atoms with E-state index in [9.17, 15) is 9.59 Å². The van der Waals surface area contributed by atoms with Crippen molar-refractivity contribution in [3.63, 3.8) is 0 Å². The monoisotopic (exact) mass is 319 g/mol. The lowest BCUT2D eigenvalue weighted by atomic mass is 10.2. The highest BCUT2D eigenvalue weighted by atomic mass is 16.2. The SMILES string of the molecule is Cc1nn(C)c(C)c1NC(=O)CN1CCN(C(=O)C2CC2)CC1. The second-order valence-corrected chi connectivity index (χ2v) is 6.59. The van der Waals surface area contributed by atoms with Crippen molar-refractivity contribution >= 4 is 17.5 Å². The Morgan fingerprint density at radius 1 is 1.17 bits per heavy atom. The van der Waals surface area contributed by atoms with E-state index in [4.69, 9.17) is 0 Å². The second-order valence-electron chi connectivity index (χ2n) is 6.59. The summed E-state index contributed by atoms with van der Waals surface area (Å²) < 4.78 is 1.77. The van der Waals surface area contributed by atoms with Crippen LogP contribution in [0.4, 0.5) is 5.69 Å². The normalized spacial score (nSPS) is 19.0. The van der Waals surface area contributed by atoms with Gasteiger partial charge in [0.25, 0.3) is 0 Å². The van der Waals surface area contributed by atoms with Gasteiger partial charge in [0.15, 0.2) is 0 Å². The summed E-state index contributed by atoms with van der Waals surface area (Å²) in [6.45, 7) is 7.18. The van der Waals surface area contributed by atoms with Crippen molar-refractivity contribution < 1.29 is 9.59 Å². The van der Waals surface area contributed by atoms with Gasteiger partial charge in [0.05, 0.1) is 23.6 Å². The average molecular weight is 319 g/mol. The van der Waals surface area contributed by atoms with Gasteiger partial charge >= 0.3 is 0 Å². The van der Waals surface area contributed by atoms with E-state index in [1.165, 1.54) is 0 Å². The molecule has 2 amide bonds. The molecule has 1 saturated heterocycles. The molecule has 23 heavy (non-hydrogen) atoms. The predicted molar refractivity (Wildman–Crippen MR) is 87.1 cm³/mol. The molecule has 1 aliphatic carbocycles. The molecule has 0 unspecified atom stereocenters. The number of rotatable bonds is 4. The first-order chi connectivity index (χ1) is 11.0. The zero-order chi connectivity index (χ0) is 16.6. The molecule has 2 fully saturated rings. The lowest BCUT2D eigenvalue weighted by Crippen LogP contribution is -2.50. The summed E-state index contributed by atoms with van der Waals surface area (Å²) in [5.41, 5.74) is 2.59. The molecule has 7 nitrogen and oxygen atoms in total. The van der Waals surface area contributed by atoms with Gasteiger partial charge in [-0.25, -0.2) is 0 Å². The van der Waals surface area contributed by atoms with Crippen LogP contribution in [0.15, 0.2) is 0 Å². The molecule has 0 spiro atoms. The van der Waals surface area contributed by atoms with Crippen LogP contribution in [0.5, 0.6) is 0 Å². The fourth-order valence-electron chi connectivity index (χ4n) is 3.05. The second kappa shape index (κ2) is 6.31. The number of nitrogens with one attached hydrogen (secondary N) is 1. The molecule has 7 heteroatoms. The van der Waals surface area contributed by atoms with Crippen molar-refractivity contribution in [1.82, 2.24) is 19.6 Å². The molecule has 2 aliphatic rings. The highest BCUT2D eigenvalue weighted by Crippen LogP contribution is 2.31. The molecule has 0 radical (unpaired) electrons. The van der Waals surface area contributed by atoms with Crippen LogP contribution in [-0.4, -0.2) is 64.1 Å². The molecule has 2 heterocycles. The first kappa shape index (κ1) is 16.0. The van der Waals surface area contributed by atoms with E-state index in [0.717, 1.165) is 56.1 Å².